The SMILES string of the molecule is O=c1c(C=Nc2cc(F)ccc2O)coc2ccccc12. The van der Waals surface area contributed by atoms with Crippen molar-refractivity contribution in [3.05, 3.63) is 70.3 Å². The molecule has 0 radical (unpaired) electrons. The van der Waals surface area contributed by atoms with Gasteiger partial charge in [-0.2, -0.15) is 0 Å². The average molecular weight is 283 g/mol. The zero-order valence-electron chi connectivity index (χ0n) is 10.8. The van der Waals surface area contributed by atoms with Crippen LogP contribution in [0.1, 0.15) is 5.56 Å². The van der Waals surface area contributed by atoms with Gasteiger partial charge in [-0.3, -0.25) is 9.79 Å². The molecule has 21 heavy (non-hydrogen) atoms. The molecule has 0 spiro atoms. The Hall–Kier alpha value is -2.95. The van der Waals surface area contributed by atoms with Gasteiger partial charge >= 0.3 is 0 Å². The molecule has 0 unspecified atom stereocenters. The van der Waals surface area contributed by atoms with Crippen molar-refractivity contribution in [1.29, 1.82) is 0 Å². The van der Waals surface area contributed by atoms with E-state index >= 15 is 0 Å². The Kier molecular flexibility index (Phi) is 3.23. The highest BCUT2D eigenvalue weighted by molar-refractivity contribution is 5.87. The third kappa shape index (κ3) is 2.53. The minimum atomic E-state index is -0.523. The fourth-order valence-corrected chi connectivity index (χ4v) is 1.92. The molecule has 0 fully saturated rings. The van der Waals surface area contributed by atoms with Gasteiger partial charge in [-0.1, -0.05) is 12.1 Å². The molecule has 2 aromatic carbocycles. The molecular weight excluding hydrogens is 273 g/mol. The van der Waals surface area contributed by atoms with Crippen LogP contribution < -0.4 is 5.43 Å². The second-order valence-electron chi connectivity index (χ2n) is 4.41. The van der Waals surface area contributed by atoms with Crippen LogP contribution in [0.5, 0.6) is 5.75 Å². The standard InChI is InChI=1S/C16H10FNO3/c17-11-5-6-14(19)13(7-11)18-8-10-9-21-15-4-2-1-3-12(15)16(10)20/h1-9,19H. The first-order chi connectivity index (χ1) is 10.1. The van der Waals surface area contributed by atoms with Crippen molar-refractivity contribution in [2.75, 3.05) is 0 Å². The lowest BCUT2D eigenvalue weighted by Gasteiger charge is -1.99. The molecule has 0 amide bonds. The van der Waals surface area contributed by atoms with Gasteiger partial charge in [0.2, 0.25) is 5.43 Å². The Morgan fingerprint density at radius 1 is 1.19 bits per heavy atom. The maximum Gasteiger partial charge on any atom is 0.201 e. The van der Waals surface area contributed by atoms with Crippen LogP contribution >= 0.6 is 0 Å². The van der Waals surface area contributed by atoms with Gasteiger partial charge < -0.3 is 9.52 Å². The van der Waals surface area contributed by atoms with Crippen LogP contribution in [0.3, 0.4) is 0 Å². The Balaban J connectivity index is 2.06. The first kappa shape index (κ1) is 13.1. The number of benzene rings is 2. The van der Waals surface area contributed by atoms with E-state index in [1.54, 1.807) is 24.3 Å². The third-order valence-corrected chi connectivity index (χ3v) is 2.99. The number of aromatic hydroxyl groups is 1. The van der Waals surface area contributed by atoms with Crippen molar-refractivity contribution in [3.63, 3.8) is 0 Å². The smallest absolute Gasteiger partial charge is 0.201 e. The minimum Gasteiger partial charge on any atom is -0.506 e. The summed E-state index contributed by atoms with van der Waals surface area (Å²) in [6, 6.07) is 10.2. The van der Waals surface area contributed by atoms with Crippen LogP contribution in [0.25, 0.3) is 11.0 Å². The molecule has 1 N–H and O–H groups in total. The van der Waals surface area contributed by atoms with Gasteiger partial charge in [-0.15, -0.1) is 0 Å². The fraction of sp³-hybridized carbons (Fsp3) is 0. The Labute approximate surface area is 118 Å². The van der Waals surface area contributed by atoms with E-state index in [1.165, 1.54) is 18.5 Å². The summed E-state index contributed by atoms with van der Waals surface area (Å²) < 4.78 is 18.4. The number of phenolic OH excluding ortho intramolecular Hbond substituents is 1. The van der Waals surface area contributed by atoms with Gasteiger partial charge in [-0.05, 0) is 24.3 Å². The molecule has 0 aliphatic rings. The molecule has 1 heterocycles. The molecule has 0 saturated carbocycles. The number of nitrogens with zero attached hydrogens (tertiary/aromatic N) is 1. The van der Waals surface area contributed by atoms with E-state index in [-0.39, 0.29) is 22.4 Å². The zero-order chi connectivity index (χ0) is 14.8. The van der Waals surface area contributed by atoms with Crippen LogP contribution in [-0.4, -0.2) is 11.3 Å². The molecule has 0 atom stereocenters. The predicted molar refractivity (Wildman–Crippen MR) is 77.8 cm³/mol. The molecular formula is C16H10FNO3. The molecule has 0 bridgehead atoms. The predicted octanol–water partition coefficient (Wildman–Crippen LogP) is 3.39. The van der Waals surface area contributed by atoms with Crippen molar-refractivity contribution in [2.24, 2.45) is 4.99 Å². The first-order valence-electron chi connectivity index (χ1n) is 6.18. The second kappa shape index (κ2) is 5.20. The van der Waals surface area contributed by atoms with Crippen LogP contribution in [0.4, 0.5) is 10.1 Å². The molecule has 3 aromatic rings. The number of rotatable bonds is 2. The largest absolute Gasteiger partial charge is 0.506 e. The number of para-hydroxylation sites is 1. The zero-order valence-corrected chi connectivity index (χ0v) is 10.8. The molecule has 0 saturated heterocycles. The Bertz CT molecular complexity index is 899. The molecule has 104 valence electrons. The maximum absolute atomic E-state index is 13.1. The molecule has 0 aliphatic carbocycles. The van der Waals surface area contributed by atoms with E-state index in [4.69, 9.17) is 4.42 Å². The van der Waals surface area contributed by atoms with Gasteiger partial charge in [-0.25, -0.2) is 4.39 Å². The van der Waals surface area contributed by atoms with Gasteiger partial charge in [0.1, 0.15) is 29.1 Å². The van der Waals surface area contributed by atoms with Crippen LogP contribution in [0.15, 0.2) is 62.9 Å². The average Bonchev–Trinajstić information content (AvgIpc) is 2.50. The highest BCUT2D eigenvalue weighted by Crippen LogP contribution is 2.26. The van der Waals surface area contributed by atoms with Crippen molar-refractivity contribution in [1.82, 2.24) is 0 Å². The van der Waals surface area contributed by atoms with E-state index < -0.39 is 5.82 Å². The van der Waals surface area contributed by atoms with Gasteiger partial charge in [0.05, 0.1) is 10.9 Å². The summed E-state index contributed by atoms with van der Waals surface area (Å²) >= 11 is 0. The highest BCUT2D eigenvalue weighted by Gasteiger charge is 2.05. The molecule has 3 rings (SSSR count). The van der Waals surface area contributed by atoms with Crippen molar-refractivity contribution >= 4 is 22.9 Å². The molecule has 5 heteroatoms. The van der Waals surface area contributed by atoms with Gasteiger partial charge in [0.25, 0.3) is 0 Å². The summed E-state index contributed by atoms with van der Waals surface area (Å²) in [4.78, 5) is 16.1. The summed E-state index contributed by atoms with van der Waals surface area (Å²) in [6.07, 6.45) is 2.53. The first-order valence-corrected chi connectivity index (χ1v) is 6.18. The summed E-state index contributed by atoms with van der Waals surface area (Å²) in [5.41, 5.74) is 0.504. The van der Waals surface area contributed by atoms with E-state index in [0.717, 1.165) is 12.1 Å². The van der Waals surface area contributed by atoms with E-state index in [9.17, 15) is 14.3 Å². The summed E-state index contributed by atoms with van der Waals surface area (Å²) in [7, 11) is 0. The van der Waals surface area contributed by atoms with Gasteiger partial charge in [0, 0.05) is 12.3 Å². The fourth-order valence-electron chi connectivity index (χ4n) is 1.92. The molecule has 0 aliphatic heterocycles. The number of halogens is 1. The number of fused-ring (bicyclic) bond motifs is 1. The van der Waals surface area contributed by atoms with Crippen LogP contribution in [0, 0.1) is 5.82 Å². The lowest BCUT2D eigenvalue weighted by Crippen LogP contribution is -2.07. The number of aliphatic imine (C=N–C) groups is 1. The topological polar surface area (TPSA) is 62.8 Å². The number of phenols is 1. The van der Waals surface area contributed by atoms with E-state index in [1.807, 2.05) is 0 Å². The summed E-state index contributed by atoms with van der Waals surface area (Å²) in [5, 5.41) is 10.0. The quantitative estimate of drug-likeness (QED) is 0.733. The van der Waals surface area contributed by atoms with E-state index in [2.05, 4.69) is 4.99 Å². The number of hydrogen-bond donors (Lipinski definition) is 1. The Morgan fingerprint density at radius 3 is 2.86 bits per heavy atom. The van der Waals surface area contributed by atoms with E-state index in [0.29, 0.717) is 11.0 Å². The van der Waals surface area contributed by atoms with Gasteiger partial charge in [0.15, 0.2) is 0 Å². The highest BCUT2D eigenvalue weighted by atomic mass is 19.1. The van der Waals surface area contributed by atoms with Crippen molar-refractivity contribution in [3.8, 4) is 5.75 Å². The van der Waals surface area contributed by atoms with Crippen molar-refractivity contribution in [2.45, 2.75) is 0 Å². The minimum absolute atomic E-state index is 0.0440. The summed E-state index contributed by atoms with van der Waals surface area (Å²) in [6.45, 7) is 0. The monoisotopic (exact) mass is 283 g/mol. The summed E-state index contributed by atoms with van der Waals surface area (Å²) in [5.74, 6) is -0.691. The maximum atomic E-state index is 13.1. The molecule has 4 nitrogen and oxygen atoms in total. The molecule has 1 aromatic heterocycles. The Morgan fingerprint density at radius 2 is 2.00 bits per heavy atom. The normalized spacial score (nSPS) is 11.3. The third-order valence-electron chi connectivity index (χ3n) is 2.99. The van der Waals surface area contributed by atoms with Crippen molar-refractivity contribution < 1.29 is 13.9 Å². The van der Waals surface area contributed by atoms with Crippen LogP contribution in [0.2, 0.25) is 0 Å². The second-order valence-corrected chi connectivity index (χ2v) is 4.41. The van der Waals surface area contributed by atoms with Crippen LogP contribution in [-0.2, 0) is 0 Å². The lowest BCUT2D eigenvalue weighted by molar-refractivity contribution is 0.475. The lowest BCUT2D eigenvalue weighted by atomic mass is 10.2. The number of hydrogen-bond acceptors (Lipinski definition) is 4.